The number of ketones is 2. The molecule has 0 bridgehead atoms. The van der Waals surface area contributed by atoms with Crippen LogP contribution in [0.25, 0.3) is 0 Å². The Balaban J connectivity index is 1.67. The van der Waals surface area contributed by atoms with Gasteiger partial charge in [0.15, 0.2) is 5.78 Å². The number of piperidine rings is 1. The number of likely N-dealkylation sites (tertiary alicyclic amines) is 1. The molecule has 1 aliphatic heterocycles. The summed E-state index contributed by atoms with van der Waals surface area (Å²) in [5, 5.41) is 0. The van der Waals surface area contributed by atoms with E-state index in [2.05, 4.69) is 20.8 Å². The van der Waals surface area contributed by atoms with Crippen molar-refractivity contribution in [2.45, 2.75) is 25.2 Å². The van der Waals surface area contributed by atoms with E-state index in [4.69, 9.17) is 0 Å². The first-order valence-corrected chi connectivity index (χ1v) is 9.38. The third-order valence-corrected chi connectivity index (χ3v) is 5.77. The number of nitrogens with zero attached hydrogens (tertiary/aromatic N) is 1. The Morgan fingerprint density at radius 1 is 1.00 bits per heavy atom. The minimum absolute atomic E-state index is 0.127. The van der Waals surface area contributed by atoms with E-state index in [1.54, 1.807) is 6.92 Å². The highest BCUT2D eigenvalue weighted by Gasteiger charge is 2.40. The lowest BCUT2D eigenvalue weighted by Crippen LogP contribution is -2.47. The van der Waals surface area contributed by atoms with E-state index in [-0.39, 0.29) is 11.6 Å². The molecule has 0 unspecified atom stereocenters. The number of hydrogen-bond acceptors (Lipinski definition) is 3. The molecule has 0 amide bonds. The third kappa shape index (κ3) is 3.91. The van der Waals surface area contributed by atoms with Crippen molar-refractivity contribution in [3.63, 3.8) is 0 Å². The molecule has 25 heavy (non-hydrogen) atoms. The number of Topliss-reactive ketones (excluding diaryl/α,β-unsaturated/α-hetero) is 2. The molecule has 0 saturated carbocycles. The number of hydrogen-bond donors (Lipinski definition) is 0. The zero-order valence-electron chi connectivity index (χ0n) is 14.4. The molecule has 1 aliphatic rings. The van der Waals surface area contributed by atoms with Crippen LogP contribution < -0.4 is 0 Å². The van der Waals surface area contributed by atoms with Crippen molar-refractivity contribution in [1.29, 1.82) is 0 Å². The van der Waals surface area contributed by atoms with Gasteiger partial charge in [-0.15, -0.1) is 0 Å². The van der Waals surface area contributed by atoms with Crippen LogP contribution in [0.15, 0.2) is 59.1 Å². The molecule has 1 fully saturated rings. The Bertz CT molecular complexity index is 747. The largest absolute Gasteiger partial charge is 0.299 e. The molecule has 1 heterocycles. The SMILES string of the molecule is CC(=O)C1(c2ccccc2)CCN(CC(=O)c2ccc(Br)cc2)CC1. The molecule has 2 aromatic rings. The van der Waals surface area contributed by atoms with Gasteiger partial charge in [0.2, 0.25) is 0 Å². The van der Waals surface area contributed by atoms with Crippen molar-refractivity contribution < 1.29 is 9.59 Å². The number of carbonyl (C=O) groups is 2. The van der Waals surface area contributed by atoms with Gasteiger partial charge in [0.1, 0.15) is 5.78 Å². The lowest BCUT2D eigenvalue weighted by molar-refractivity contribution is -0.124. The van der Waals surface area contributed by atoms with Crippen LogP contribution in [0.3, 0.4) is 0 Å². The van der Waals surface area contributed by atoms with Gasteiger partial charge >= 0.3 is 0 Å². The molecule has 1 saturated heterocycles. The molecule has 0 atom stereocenters. The smallest absolute Gasteiger partial charge is 0.176 e. The Hall–Kier alpha value is -1.78. The molecular weight excluding hydrogens is 378 g/mol. The second-order valence-corrected chi connectivity index (χ2v) is 7.63. The van der Waals surface area contributed by atoms with Crippen LogP contribution in [0.5, 0.6) is 0 Å². The maximum absolute atomic E-state index is 12.5. The third-order valence-electron chi connectivity index (χ3n) is 5.24. The van der Waals surface area contributed by atoms with Gasteiger partial charge in [-0.05, 0) is 50.6 Å². The van der Waals surface area contributed by atoms with E-state index < -0.39 is 5.41 Å². The summed E-state index contributed by atoms with van der Waals surface area (Å²) in [6.45, 7) is 3.62. The van der Waals surface area contributed by atoms with E-state index in [0.29, 0.717) is 6.54 Å². The van der Waals surface area contributed by atoms with Gasteiger partial charge in [-0.2, -0.15) is 0 Å². The lowest BCUT2D eigenvalue weighted by atomic mass is 9.70. The fourth-order valence-electron chi connectivity index (χ4n) is 3.62. The summed E-state index contributed by atoms with van der Waals surface area (Å²) in [6, 6.07) is 17.5. The quantitative estimate of drug-likeness (QED) is 0.704. The van der Waals surface area contributed by atoms with Crippen LogP contribution in [0.1, 0.15) is 35.7 Å². The van der Waals surface area contributed by atoms with Crippen LogP contribution in [0.2, 0.25) is 0 Å². The van der Waals surface area contributed by atoms with E-state index in [1.807, 2.05) is 54.6 Å². The fraction of sp³-hybridized carbons (Fsp3) is 0.333. The first-order chi connectivity index (χ1) is 12.0. The fourth-order valence-corrected chi connectivity index (χ4v) is 3.89. The summed E-state index contributed by atoms with van der Waals surface area (Å²) in [5.74, 6) is 0.347. The van der Waals surface area contributed by atoms with Crippen LogP contribution in [-0.4, -0.2) is 36.1 Å². The number of benzene rings is 2. The molecule has 0 aliphatic carbocycles. The van der Waals surface area contributed by atoms with Crippen LogP contribution in [0, 0.1) is 0 Å². The van der Waals surface area contributed by atoms with Crippen molar-refractivity contribution in [2.75, 3.05) is 19.6 Å². The van der Waals surface area contributed by atoms with Crippen molar-refractivity contribution in [2.24, 2.45) is 0 Å². The first-order valence-electron chi connectivity index (χ1n) is 8.59. The molecule has 0 radical (unpaired) electrons. The summed E-state index contributed by atoms with van der Waals surface area (Å²) >= 11 is 3.39. The first kappa shape index (κ1) is 18.0. The zero-order chi connectivity index (χ0) is 17.9. The normalized spacial score (nSPS) is 17.2. The molecule has 0 spiro atoms. The molecule has 2 aromatic carbocycles. The van der Waals surface area contributed by atoms with Crippen molar-refractivity contribution in [1.82, 2.24) is 4.90 Å². The van der Waals surface area contributed by atoms with E-state index in [0.717, 1.165) is 41.5 Å². The van der Waals surface area contributed by atoms with Gasteiger partial charge in [0, 0.05) is 10.0 Å². The second kappa shape index (κ2) is 7.63. The predicted octanol–water partition coefficient (Wildman–Crippen LogP) is 4.25. The van der Waals surface area contributed by atoms with Crippen molar-refractivity contribution in [3.05, 3.63) is 70.2 Å². The highest BCUT2D eigenvalue weighted by atomic mass is 79.9. The number of carbonyl (C=O) groups excluding carboxylic acids is 2. The second-order valence-electron chi connectivity index (χ2n) is 6.71. The maximum Gasteiger partial charge on any atom is 0.176 e. The van der Waals surface area contributed by atoms with Gasteiger partial charge < -0.3 is 0 Å². The maximum atomic E-state index is 12.5. The van der Waals surface area contributed by atoms with E-state index >= 15 is 0 Å². The molecule has 0 N–H and O–H groups in total. The van der Waals surface area contributed by atoms with Crippen LogP contribution in [0.4, 0.5) is 0 Å². The molecule has 3 rings (SSSR count). The highest BCUT2D eigenvalue weighted by Crippen LogP contribution is 2.36. The molecule has 0 aromatic heterocycles. The summed E-state index contributed by atoms with van der Waals surface area (Å²) in [5.41, 5.74) is 1.43. The van der Waals surface area contributed by atoms with Gasteiger partial charge in [0.05, 0.1) is 12.0 Å². The number of rotatable bonds is 5. The summed E-state index contributed by atoms with van der Waals surface area (Å²) in [7, 11) is 0. The summed E-state index contributed by atoms with van der Waals surface area (Å²) < 4.78 is 0.969. The average molecular weight is 400 g/mol. The minimum atomic E-state index is -0.404. The Morgan fingerprint density at radius 3 is 2.16 bits per heavy atom. The zero-order valence-corrected chi connectivity index (χ0v) is 16.0. The lowest BCUT2D eigenvalue weighted by Gasteiger charge is -2.40. The van der Waals surface area contributed by atoms with Crippen LogP contribution >= 0.6 is 15.9 Å². The van der Waals surface area contributed by atoms with Gasteiger partial charge in [-0.25, -0.2) is 0 Å². The molecular formula is C21H22BrNO2. The summed E-state index contributed by atoms with van der Waals surface area (Å²) in [6.07, 6.45) is 1.53. The van der Waals surface area contributed by atoms with E-state index in [9.17, 15) is 9.59 Å². The Labute approximate surface area is 157 Å². The standard InChI is InChI=1S/C21H22BrNO2/c1-16(24)21(18-5-3-2-4-6-18)11-13-23(14-12-21)15-20(25)17-7-9-19(22)10-8-17/h2-10H,11-15H2,1H3. The Kier molecular flexibility index (Phi) is 5.50. The average Bonchev–Trinajstić information content (AvgIpc) is 2.63. The topological polar surface area (TPSA) is 37.4 Å². The highest BCUT2D eigenvalue weighted by molar-refractivity contribution is 9.10. The van der Waals surface area contributed by atoms with Crippen LogP contribution in [-0.2, 0) is 10.2 Å². The number of halogens is 1. The molecule has 3 nitrogen and oxygen atoms in total. The van der Waals surface area contributed by atoms with Gasteiger partial charge in [-0.3, -0.25) is 14.5 Å². The van der Waals surface area contributed by atoms with Gasteiger partial charge in [0.25, 0.3) is 0 Å². The Morgan fingerprint density at radius 2 is 1.60 bits per heavy atom. The molecule has 4 heteroatoms. The van der Waals surface area contributed by atoms with E-state index in [1.165, 1.54) is 0 Å². The molecule has 130 valence electrons. The van der Waals surface area contributed by atoms with Gasteiger partial charge in [-0.1, -0.05) is 58.4 Å². The monoisotopic (exact) mass is 399 g/mol. The van der Waals surface area contributed by atoms with Crippen molar-refractivity contribution >= 4 is 27.5 Å². The van der Waals surface area contributed by atoms with Crippen molar-refractivity contribution in [3.8, 4) is 0 Å². The summed E-state index contributed by atoms with van der Waals surface area (Å²) in [4.78, 5) is 27.0. The predicted molar refractivity (Wildman–Crippen MR) is 103 cm³/mol. The minimum Gasteiger partial charge on any atom is -0.299 e.